The van der Waals surface area contributed by atoms with Crippen LogP contribution in [-0.4, -0.2) is 21.0 Å². The summed E-state index contributed by atoms with van der Waals surface area (Å²) >= 11 is 0. The van der Waals surface area contributed by atoms with Gasteiger partial charge in [0.25, 0.3) is 10.0 Å². The molecule has 2 amide bonds. The summed E-state index contributed by atoms with van der Waals surface area (Å²) in [5.41, 5.74) is 0.0415. The number of carbonyl (C=O) groups is 1. The molecule has 0 fully saturated rings. The molecule has 0 aliphatic heterocycles. The first-order chi connectivity index (χ1) is 12.2. The number of benzene rings is 2. The summed E-state index contributed by atoms with van der Waals surface area (Å²) in [5, 5.41) is 5.24. The molecule has 9 heteroatoms. The lowest BCUT2D eigenvalue weighted by Gasteiger charge is -2.11. The van der Waals surface area contributed by atoms with Crippen LogP contribution < -0.4 is 15.4 Å². The van der Waals surface area contributed by atoms with Gasteiger partial charge in [-0.2, -0.15) is 0 Å². The summed E-state index contributed by atoms with van der Waals surface area (Å²) in [6.07, 6.45) is 0. The van der Waals surface area contributed by atoms with Crippen molar-refractivity contribution in [3.63, 3.8) is 0 Å². The minimum atomic E-state index is -4.06. The molecule has 0 aromatic heterocycles. The number of anilines is 2. The summed E-state index contributed by atoms with van der Waals surface area (Å²) in [7, 11) is -4.06. The summed E-state index contributed by atoms with van der Waals surface area (Å²) in [6.45, 7) is 4.42. The molecule has 0 heterocycles. The van der Waals surface area contributed by atoms with Gasteiger partial charge in [0.1, 0.15) is 11.6 Å². The quantitative estimate of drug-likeness (QED) is 0.713. The minimum Gasteiger partial charge on any atom is -0.338 e. The number of amides is 2. The zero-order chi connectivity index (χ0) is 19.3. The fourth-order valence-electron chi connectivity index (χ4n) is 1.97. The lowest BCUT2D eigenvalue weighted by Crippen LogP contribution is -2.31. The Labute approximate surface area is 150 Å². The van der Waals surface area contributed by atoms with E-state index in [0.717, 1.165) is 12.1 Å². The molecule has 26 heavy (non-hydrogen) atoms. The van der Waals surface area contributed by atoms with E-state index in [9.17, 15) is 22.0 Å². The van der Waals surface area contributed by atoms with Crippen molar-refractivity contribution in [1.82, 2.24) is 5.32 Å². The molecule has 6 nitrogen and oxygen atoms in total. The minimum absolute atomic E-state index is 0.130. The lowest BCUT2D eigenvalue weighted by molar-refractivity contribution is 0.251. The second-order valence-electron chi connectivity index (χ2n) is 5.98. The van der Waals surface area contributed by atoms with Gasteiger partial charge in [0, 0.05) is 18.3 Å². The van der Waals surface area contributed by atoms with Crippen molar-refractivity contribution >= 4 is 27.4 Å². The maximum absolute atomic E-state index is 13.6. The average molecular weight is 383 g/mol. The van der Waals surface area contributed by atoms with E-state index in [2.05, 4.69) is 15.4 Å². The van der Waals surface area contributed by atoms with Crippen molar-refractivity contribution in [3.05, 3.63) is 54.1 Å². The molecule has 2 aromatic rings. The van der Waals surface area contributed by atoms with Crippen molar-refractivity contribution in [2.24, 2.45) is 5.92 Å². The monoisotopic (exact) mass is 383 g/mol. The predicted octanol–water partition coefficient (Wildman–Crippen LogP) is 3.54. The van der Waals surface area contributed by atoms with Crippen LogP contribution in [0.25, 0.3) is 0 Å². The Morgan fingerprint density at radius 1 is 1.08 bits per heavy atom. The summed E-state index contributed by atoms with van der Waals surface area (Å²) in [4.78, 5) is 11.5. The Hall–Kier alpha value is -2.68. The van der Waals surface area contributed by atoms with Crippen molar-refractivity contribution in [2.45, 2.75) is 18.7 Å². The van der Waals surface area contributed by atoms with Gasteiger partial charge in [-0.1, -0.05) is 13.8 Å². The third kappa shape index (κ3) is 5.41. The second-order valence-corrected chi connectivity index (χ2v) is 7.67. The van der Waals surface area contributed by atoms with Gasteiger partial charge in [-0.25, -0.2) is 22.0 Å². The van der Waals surface area contributed by atoms with Crippen molar-refractivity contribution in [3.8, 4) is 0 Å². The molecule has 0 atom stereocenters. The topological polar surface area (TPSA) is 87.3 Å². The van der Waals surface area contributed by atoms with Crippen LogP contribution in [0.15, 0.2) is 47.4 Å². The Balaban J connectivity index is 2.07. The van der Waals surface area contributed by atoms with Gasteiger partial charge in [0.05, 0.1) is 10.6 Å². The Bertz CT molecular complexity index is 885. The van der Waals surface area contributed by atoms with E-state index < -0.39 is 27.7 Å². The average Bonchev–Trinajstić information content (AvgIpc) is 2.56. The molecule has 0 radical (unpaired) electrons. The number of sulfonamides is 1. The maximum atomic E-state index is 13.6. The van der Waals surface area contributed by atoms with Crippen molar-refractivity contribution in [1.29, 1.82) is 0 Å². The highest BCUT2D eigenvalue weighted by atomic mass is 32.2. The van der Waals surface area contributed by atoms with Gasteiger partial charge < -0.3 is 10.6 Å². The lowest BCUT2D eigenvalue weighted by atomic mass is 10.2. The van der Waals surface area contributed by atoms with E-state index in [-0.39, 0.29) is 10.6 Å². The van der Waals surface area contributed by atoms with Crippen LogP contribution in [0.1, 0.15) is 13.8 Å². The first kappa shape index (κ1) is 19.6. The highest BCUT2D eigenvalue weighted by Gasteiger charge is 2.17. The number of nitrogens with one attached hydrogen (secondary N) is 3. The molecule has 140 valence electrons. The van der Waals surface area contributed by atoms with Crippen LogP contribution in [0.5, 0.6) is 0 Å². The number of hydrogen-bond donors (Lipinski definition) is 3. The molecule has 2 aromatic carbocycles. The van der Waals surface area contributed by atoms with E-state index >= 15 is 0 Å². The molecule has 0 unspecified atom stereocenters. The van der Waals surface area contributed by atoms with Gasteiger partial charge in [-0.15, -0.1) is 0 Å². The van der Waals surface area contributed by atoms with Crippen LogP contribution in [0.3, 0.4) is 0 Å². The van der Waals surface area contributed by atoms with E-state index in [1.54, 1.807) is 0 Å². The number of hydrogen-bond acceptors (Lipinski definition) is 3. The SMILES string of the molecule is CC(C)CNC(=O)Nc1ccc(S(=O)(=O)Nc2ccc(F)cc2F)cc1. The highest BCUT2D eigenvalue weighted by Crippen LogP contribution is 2.21. The van der Waals surface area contributed by atoms with Crippen molar-refractivity contribution in [2.75, 3.05) is 16.6 Å². The number of urea groups is 1. The predicted molar refractivity (Wildman–Crippen MR) is 95.5 cm³/mol. The molecule has 0 bridgehead atoms. The Kier molecular flexibility index (Phi) is 6.14. The molecule has 0 aliphatic rings. The fourth-order valence-corrected chi connectivity index (χ4v) is 3.03. The summed E-state index contributed by atoms with van der Waals surface area (Å²) in [6, 6.07) is 7.47. The van der Waals surface area contributed by atoms with Gasteiger partial charge in [-0.3, -0.25) is 4.72 Å². The van der Waals surface area contributed by atoms with E-state index in [1.165, 1.54) is 24.3 Å². The molecule has 3 N–H and O–H groups in total. The normalized spacial score (nSPS) is 11.3. The third-order valence-corrected chi connectivity index (χ3v) is 4.65. The largest absolute Gasteiger partial charge is 0.338 e. The number of halogens is 2. The standard InChI is InChI=1S/C17H19F2N3O3S/c1-11(2)10-20-17(23)21-13-4-6-14(7-5-13)26(24,25)22-16-8-3-12(18)9-15(16)19/h3-9,11,22H,10H2,1-2H3,(H2,20,21,23). The van der Waals surface area contributed by atoms with Crippen LogP contribution >= 0.6 is 0 Å². The molecule has 2 rings (SSSR count). The molecule has 0 saturated carbocycles. The summed E-state index contributed by atoms with van der Waals surface area (Å²) in [5.74, 6) is -1.53. The second kappa shape index (κ2) is 8.13. The van der Waals surface area contributed by atoms with Gasteiger partial charge >= 0.3 is 6.03 Å². The first-order valence-corrected chi connectivity index (χ1v) is 9.28. The molecule has 0 saturated heterocycles. The number of carbonyl (C=O) groups excluding carboxylic acids is 1. The Morgan fingerprint density at radius 3 is 2.31 bits per heavy atom. The fraction of sp³-hybridized carbons (Fsp3) is 0.235. The Morgan fingerprint density at radius 2 is 1.73 bits per heavy atom. The smallest absolute Gasteiger partial charge is 0.319 e. The molecular weight excluding hydrogens is 364 g/mol. The van der Waals surface area contributed by atoms with E-state index in [0.29, 0.717) is 24.2 Å². The first-order valence-electron chi connectivity index (χ1n) is 7.80. The zero-order valence-electron chi connectivity index (χ0n) is 14.2. The highest BCUT2D eigenvalue weighted by molar-refractivity contribution is 7.92. The van der Waals surface area contributed by atoms with Crippen LogP contribution in [0.2, 0.25) is 0 Å². The van der Waals surface area contributed by atoms with Gasteiger partial charge in [0.2, 0.25) is 0 Å². The van der Waals surface area contributed by atoms with Crippen LogP contribution in [0, 0.1) is 17.6 Å². The summed E-state index contributed by atoms with van der Waals surface area (Å²) < 4.78 is 53.1. The third-order valence-electron chi connectivity index (χ3n) is 3.27. The zero-order valence-corrected chi connectivity index (χ0v) is 15.0. The van der Waals surface area contributed by atoms with Crippen LogP contribution in [0.4, 0.5) is 25.0 Å². The van der Waals surface area contributed by atoms with Crippen molar-refractivity contribution < 1.29 is 22.0 Å². The van der Waals surface area contributed by atoms with E-state index in [1.807, 2.05) is 13.8 Å². The van der Waals surface area contributed by atoms with E-state index in [4.69, 9.17) is 0 Å². The molecular formula is C17H19F2N3O3S. The van der Waals surface area contributed by atoms with Crippen LogP contribution in [-0.2, 0) is 10.0 Å². The van der Waals surface area contributed by atoms with Gasteiger partial charge in [0.15, 0.2) is 0 Å². The van der Waals surface area contributed by atoms with Gasteiger partial charge in [-0.05, 0) is 42.3 Å². The molecule has 0 aliphatic carbocycles. The molecule has 0 spiro atoms. The number of rotatable bonds is 6. The maximum Gasteiger partial charge on any atom is 0.319 e.